The number of amides is 1. The third-order valence-corrected chi connectivity index (χ3v) is 5.57. The lowest BCUT2D eigenvalue weighted by atomic mass is 9.92. The van der Waals surface area contributed by atoms with E-state index in [1.165, 1.54) is 16.9 Å². The van der Waals surface area contributed by atoms with E-state index in [1.54, 1.807) is 19.9 Å². The van der Waals surface area contributed by atoms with Gasteiger partial charge in [-0.25, -0.2) is 9.50 Å². The smallest absolute Gasteiger partial charge is 0.323 e. The number of nitrogens with zero attached hydrogens (tertiary/aromatic N) is 4. The van der Waals surface area contributed by atoms with Crippen molar-refractivity contribution in [3.05, 3.63) is 24.2 Å². The molecule has 0 spiro atoms. The fraction of sp³-hybridized carbons (Fsp3) is 0.571. The van der Waals surface area contributed by atoms with Crippen LogP contribution in [0.5, 0.6) is 0 Å². The maximum atomic E-state index is 12.1. The normalized spacial score (nSPS) is 25.7. The maximum Gasteiger partial charge on any atom is 0.323 e. The molecule has 1 fully saturated rings. The highest BCUT2D eigenvalue weighted by atomic mass is 16.6. The number of anilines is 1. The molecule has 1 saturated heterocycles. The number of esters is 1. The predicted molar refractivity (Wildman–Crippen MR) is 114 cm³/mol. The second kappa shape index (κ2) is 9.80. The molecule has 0 aromatic carbocycles. The average Bonchev–Trinajstić information content (AvgIpc) is 3.33. The van der Waals surface area contributed by atoms with Gasteiger partial charge in [0.15, 0.2) is 5.82 Å². The molecule has 12 heteroatoms. The first-order valence-corrected chi connectivity index (χ1v) is 10.7. The van der Waals surface area contributed by atoms with Crippen LogP contribution in [0.1, 0.15) is 39.3 Å². The number of fused-ring (bicyclic) bond motifs is 1. The SMILES string of the molecule is CCCC(=O)Nc1ncnn2c([C@]3(C#N)O[C@H](COC(=O)C(N)C(C)C)[C@@H](O)[C@H]3O)ccc12. The van der Waals surface area contributed by atoms with Crippen molar-refractivity contribution in [2.24, 2.45) is 11.7 Å². The Labute approximate surface area is 190 Å². The summed E-state index contributed by atoms with van der Waals surface area (Å²) in [7, 11) is 0. The fourth-order valence-electron chi connectivity index (χ4n) is 3.58. The number of rotatable bonds is 8. The Bertz CT molecular complexity index is 1070. The highest BCUT2D eigenvalue weighted by molar-refractivity contribution is 5.93. The average molecular weight is 460 g/mol. The van der Waals surface area contributed by atoms with Crippen molar-refractivity contribution in [2.75, 3.05) is 11.9 Å². The van der Waals surface area contributed by atoms with Crippen LogP contribution in [0.15, 0.2) is 18.5 Å². The highest BCUT2D eigenvalue weighted by Crippen LogP contribution is 2.40. The lowest BCUT2D eigenvalue weighted by molar-refractivity contribution is -0.153. The van der Waals surface area contributed by atoms with E-state index in [4.69, 9.17) is 15.2 Å². The summed E-state index contributed by atoms with van der Waals surface area (Å²) in [5.74, 6) is -0.846. The number of carbonyl (C=O) groups is 2. The molecule has 0 bridgehead atoms. The lowest BCUT2D eigenvalue weighted by Gasteiger charge is -2.24. The zero-order valence-electron chi connectivity index (χ0n) is 18.6. The Morgan fingerprint density at radius 2 is 2.15 bits per heavy atom. The van der Waals surface area contributed by atoms with Crippen LogP contribution in [0, 0.1) is 17.2 Å². The number of nitrogens with two attached hydrogens (primary N) is 1. The topological polar surface area (TPSA) is 185 Å². The van der Waals surface area contributed by atoms with Crippen LogP contribution < -0.4 is 11.1 Å². The number of aliphatic hydroxyl groups is 2. The number of hydrogen-bond donors (Lipinski definition) is 4. The van der Waals surface area contributed by atoms with E-state index in [1.807, 2.05) is 13.0 Å². The van der Waals surface area contributed by atoms with Crippen LogP contribution in [-0.4, -0.2) is 67.6 Å². The van der Waals surface area contributed by atoms with E-state index in [0.29, 0.717) is 18.4 Å². The summed E-state index contributed by atoms with van der Waals surface area (Å²) in [6.07, 6.45) is -2.23. The molecule has 2 aromatic heterocycles. The van der Waals surface area contributed by atoms with Crippen LogP contribution in [0.3, 0.4) is 0 Å². The Morgan fingerprint density at radius 3 is 2.79 bits per heavy atom. The summed E-state index contributed by atoms with van der Waals surface area (Å²) in [6, 6.07) is 4.12. The minimum atomic E-state index is -2.01. The molecule has 0 radical (unpaired) electrons. The van der Waals surface area contributed by atoms with Gasteiger partial charge in [0.25, 0.3) is 0 Å². The molecule has 33 heavy (non-hydrogen) atoms. The molecule has 1 aliphatic rings. The summed E-state index contributed by atoms with van der Waals surface area (Å²) in [5, 5.41) is 38.1. The number of nitrogens with one attached hydrogen (secondary N) is 1. The van der Waals surface area contributed by atoms with Crippen molar-refractivity contribution >= 4 is 23.2 Å². The van der Waals surface area contributed by atoms with Crippen molar-refractivity contribution in [3.8, 4) is 6.07 Å². The minimum absolute atomic E-state index is 0.118. The Balaban J connectivity index is 1.89. The third-order valence-electron chi connectivity index (χ3n) is 5.57. The van der Waals surface area contributed by atoms with Crippen LogP contribution in [0.4, 0.5) is 5.82 Å². The van der Waals surface area contributed by atoms with Gasteiger partial charge >= 0.3 is 5.97 Å². The van der Waals surface area contributed by atoms with Gasteiger partial charge in [-0.15, -0.1) is 0 Å². The van der Waals surface area contributed by atoms with Crippen LogP contribution >= 0.6 is 0 Å². The summed E-state index contributed by atoms with van der Waals surface area (Å²) in [5.41, 5.74) is 4.24. The van der Waals surface area contributed by atoms with Crippen molar-refractivity contribution in [1.29, 1.82) is 5.26 Å². The molecule has 5 atom stereocenters. The first kappa shape index (κ1) is 24.5. The van der Waals surface area contributed by atoms with Gasteiger partial charge in [0, 0.05) is 6.42 Å². The largest absolute Gasteiger partial charge is 0.462 e. The summed E-state index contributed by atoms with van der Waals surface area (Å²) in [4.78, 5) is 28.2. The molecule has 1 aliphatic heterocycles. The molecular weight excluding hydrogens is 432 g/mol. The van der Waals surface area contributed by atoms with E-state index >= 15 is 0 Å². The van der Waals surface area contributed by atoms with Crippen molar-refractivity contribution in [3.63, 3.8) is 0 Å². The molecule has 12 nitrogen and oxygen atoms in total. The number of nitriles is 1. The van der Waals surface area contributed by atoms with Crippen LogP contribution in [0.2, 0.25) is 0 Å². The van der Waals surface area contributed by atoms with Crippen molar-refractivity contribution in [1.82, 2.24) is 14.6 Å². The fourth-order valence-corrected chi connectivity index (χ4v) is 3.58. The molecule has 3 heterocycles. The van der Waals surface area contributed by atoms with Gasteiger partial charge in [0.1, 0.15) is 48.9 Å². The Kier molecular flexibility index (Phi) is 7.28. The Hall–Kier alpha value is -3.11. The standard InChI is InChI=1S/C21H28N6O6/c1-4-5-15(28)26-19-12-6-7-14(27(12)25-10-24-19)21(9-22)18(30)17(29)13(33-21)8-32-20(31)16(23)11(2)3/h6-7,10-11,13,16-18,29-30H,4-5,8,23H2,1-3H3,(H,24,25,26,28)/t13-,16?,17-,18-,21+/m1/s1. The molecular formula is C21H28N6O6. The molecule has 2 aromatic rings. The van der Waals surface area contributed by atoms with Crippen LogP contribution in [0.25, 0.3) is 5.52 Å². The summed E-state index contributed by atoms with van der Waals surface area (Å²) >= 11 is 0. The molecule has 1 unspecified atom stereocenters. The molecule has 1 amide bonds. The van der Waals surface area contributed by atoms with E-state index in [-0.39, 0.29) is 23.3 Å². The number of ether oxygens (including phenoxy) is 2. The first-order chi connectivity index (χ1) is 15.7. The molecule has 5 N–H and O–H groups in total. The summed E-state index contributed by atoms with van der Waals surface area (Å²) < 4.78 is 12.2. The Morgan fingerprint density at radius 1 is 1.42 bits per heavy atom. The predicted octanol–water partition coefficient (Wildman–Crippen LogP) is -0.166. The molecule has 178 valence electrons. The number of carbonyl (C=O) groups excluding carboxylic acids is 2. The first-order valence-electron chi connectivity index (χ1n) is 10.7. The van der Waals surface area contributed by atoms with Crippen molar-refractivity contribution in [2.45, 2.75) is 63.6 Å². The van der Waals surface area contributed by atoms with E-state index < -0.39 is 42.5 Å². The third kappa shape index (κ3) is 4.53. The molecule has 0 saturated carbocycles. The monoisotopic (exact) mass is 460 g/mol. The second-order valence-corrected chi connectivity index (χ2v) is 8.26. The zero-order valence-corrected chi connectivity index (χ0v) is 18.6. The van der Waals surface area contributed by atoms with Crippen molar-refractivity contribution < 1.29 is 29.3 Å². The maximum absolute atomic E-state index is 12.1. The van der Waals surface area contributed by atoms with Gasteiger partial charge in [-0.05, 0) is 24.5 Å². The zero-order chi connectivity index (χ0) is 24.3. The quantitative estimate of drug-likeness (QED) is 0.386. The lowest BCUT2D eigenvalue weighted by Crippen LogP contribution is -2.41. The highest BCUT2D eigenvalue weighted by Gasteiger charge is 2.57. The number of aliphatic hydroxyl groups excluding tert-OH is 2. The minimum Gasteiger partial charge on any atom is -0.462 e. The second-order valence-electron chi connectivity index (χ2n) is 8.26. The van der Waals surface area contributed by atoms with E-state index in [0.717, 1.165) is 0 Å². The molecule has 3 rings (SSSR count). The van der Waals surface area contributed by atoms with Gasteiger partial charge in [0.2, 0.25) is 11.5 Å². The summed E-state index contributed by atoms with van der Waals surface area (Å²) in [6.45, 7) is 4.98. The number of aromatic nitrogens is 3. The van der Waals surface area contributed by atoms with E-state index in [9.17, 15) is 25.1 Å². The van der Waals surface area contributed by atoms with Gasteiger partial charge in [0.05, 0.1) is 5.69 Å². The molecule has 0 aliphatic carbocycles. The van der Waals surface area contributed by atoms with E-state index in [2.05, 4.69) is 15.4 Å². The number of hydrogen-bond acceptors (Lipinski definition) is 10. The van der Waals surface area contributed by atoms with Gasteiger partial charge < -0.3 is 30.7 Å². The van der Waals surface area contributed by atoms with Gasteiger partial charge in [-0.3, -0.25) is 9.59 Å². The van der Waals surface area contributed by atoms with Gasteiger partial charge in [-0.2, -0.15) is 10.4 Å². The van der Waals surface area contributed by atoms with Crippen LogP contribution in [-0.2, 0) is 24.7 Å². The van der Waals surface area contributed by atoms with Gasteiger partial charge in [-0.1, -0.05) is 20.8 Å².